The number of carbonyl (C=O) groups excluding carboxylic acids is 1. The Labute approximate surface area is 237 Å². The van der Waals surface area contributed by atoms with Crippen molar-refractivity contribution in [3.8, 4) is 17.0 Å². The highest BCUT2D eigenvalue weighted by molar-refractivity contribution is 5.98. The lowest BCUT2D eigenvalue weighted by Crippen LogP contribution is -2.43. The Morgan fingerprint density at radius 2 is 1.76 bits per heavy atom. The third-order valence-electron chi connectivity index (χ3n) is 8.57. The number of anilines is 2. The lowest BCUT2D eigenvalue weighted by Gasteiger charge is -2.36. The molecule has 0 unspecified atom stereocenters. The van der Waals surface area contributed by atoms with Gasteiger partial charge in [0, 0.05) is 37.0 Å². The Bertz CT molecular complexity index is 1450. The number of amides is 1. The summed E-state index contributed by atoms with van der Waals surface area (Å²) >= 11 is 0. The van der Waals surface area contributed by atoms with E-state index in [4.69, 9.17) is 4.74 Å². The molecule has 216 valence electrons. The number of nitrogens with zero attached hydrogens (tertiary/aromatic N) is 5. The zero-order valence-electron chi connectivity index (χ0n) is 23.4. The van der Waals surface area contributed by atoms with Gasteiger partial charge in [0.1, 0.15) is 23.9 Å². The highest BCUT2D eigenvalue weighted by atomic mass is 19.1. The van der Waals surface area contributed by atoms with Crippen LogP contribution in [0.15, 0.2) is 36.5 Å². The number of hydrogen-bond donors (Lipinski definition) is 0. The first-order chi connectivity index (χ1) is 19.8. The standard InChI is InChI=1S/C31H34F3N5O2/c1-37(2)22-8-10-38(11-9-22)26-7-6-19(14-23(26)32)15-28-35-18-25(34)29(36-28)21-16-24(33)30-27(17-21)39(12-13-41-30)31(40)20-4-3-5-20/h6-7,14,16-18,20,22H,3-5,8-13,15H2,1-2H3. The molecule has 41 heavy (non-hydrogen) atoms. The van der Waals surface area contributed by atoms with E-state index in [1.807, 2.05) is 6.07 Å². The Hall–Kier alpha value is -3.66. The summed E-state index contributed by atoms with van der Waals surface area (Å²) < 4.78 is 50.8. The molecule has 3 aliphatic rings. The smallest absolute Gasteiger partial charge is 0.230 e. The van der Waals surface area contributed by atoms with Crippen molar-refractivity contribution in [1.82, 2.24) is 14.9 Å². The minimum atomic E-state index is -0.718. The fourth-order valence-electron chi connectivity index (χ4n) is 5.94. The van der Waals surface area contributed by atoms with Gasteiger partial charge in [-0.1, -0.05) is 12.5 Å². The number of benzene rings is 2. The van der Waals surface area contributed by atoms with Gasteiger partial charge in [-0.15, -0.1) is 0 Å². The molecule has 10 heteroatoms. The van der Waals surface area contributed by atoms with Gasteiger partial charge in [0.2, 0.25) is 5.91 Å². The molecule has 1 saturated heterocycles. The molecular weight excluding hydrogens is 531 g/mol. The van der Waals surface area contributed by atoms with E-state index in [0.29, 0.717) is 23.8 Å². The molecule has 1 saturated carbocycles. The third-order valence-corrected chi connectivity index (χ3v) is 8.57. The summed E-state index contributed by atoms with van der Waals surface area (Å²) in [6, 6.07) is 8.30. The zero-order chi connectivity index (χ0) is 28.7. The van der Waals surface area contributed by atoms with Gasteiger partial charge in [-0.05, 0) is 69.6 Å². The molecule has 0 bridgehead atoms. The predicted octanol–water partition coefficient (Wildman–Crippen LogP) is 5.21. The zero-order valence-corrected chi connectivity index (χ0v) is 23.4. The molecule has 0 spiro atoms. The third kappa shape index (κ3) is 5.49. The molecule has 1 aliphatic carbocycles. The number of halogens is 3. The molecular formula is C31H34F3N5O2. The Balaban J connectivity index is 1.23. The average molecular weight is 566 g/mol. The number of hydrogen-bond acceptors (Lipinski definition) is 6. The summed E-state index contributed by atoms with van der Waals surface area (Å²) in [7, 11) is 4.14. The van der Waals surface area contributed by atoms with E-state index in [1.54, 1.807) is 17.0 Å². The van der Waals surface area contributed by atoms with Crippen molar-refractivity contribution < 1.29 is 22.7 Å². The first-order valence-corrected chi connectivity index (χ1v) is 14.3. The summed E-state index contributed by atoms with van der Waals surface area (Å²) in [6.45, 7) is 2.07. The second-order valence-electron chi connectivity index (χ2n) is 11.4. The van der Waals surface area contributed by atoms with Crippen molar-refractivity contribution in [2.45, 2.75) is 44.6 Å². The summed E-state index contributed by atoms with van der Waals surface area (Å²) in [5.74, 6) is -1.60. The molecule has 3 aromatic rings. The van der Waals surface area contributed by atoms with Gasteiger partial charge in [-0.25, -0.2) is 23.1 Å². The molecule has 6 rings (SSSR count). The van der Waals surface area contributed by atoms with Crippen LogP contribution in [-0.4, -0.2) is 67.2 Å². The second-order valence-corrected chi connectivity index (χ2v) is 11.4. The molecule has 0 radical (unpaired) electrons. The van der Waals surface area contributed by atoms with Crippen LogP contribution in [-0.2, 0) is 11.2 Å². The lowest BCUT2D eigenvalue weighted by atomic mass is 9.84. The summed E-state index contributed by atoms with van der Waals surface area (Å²) in [5.41, 5.74) is 1.60. The molecule has 2 aliphatic heterocycles. The number of fused-ring (bicyclic) bond motifs is 1. The van der Waals surface area contributed by atoms with Crippen molar-refractivity contribution in [3.63, 3.8) is 0 Å². The van der Waals surface area contributed by atoms with E-state index in [0.717, 1.165) is 51.4 Å². The normalized spacial score (nSPS) is 17.8. The molecule has 2 fully saturated rings. The van der Waals surface area contributed by atoms with Crippen LogP contribution in [0.1, 0.15) is 43.5 Å². The van der Waals surface area contributed by atoms with E-state index >= 15 is 8.78 Å². The van der Waals surface area contributed by atoms with Gasteiger partial charge in [-0.3, -0.25) is 4.79 Å². The van der Waals surface area contributed by atoms with E-state index in [2.05, 4.69) is 33.9 Å². The highest BCUT2D eigenvalue weighted by Crippen LogP contribution is 2.40. The molecule has 0 atom stereocenters. The highest BCUT2D eigenvalue weighted by Gasteiger charge is 2.34. The quantitative estimate of drug-likeness (QED) is 0.409. The number of ether oxygens (including phenoxy) is 1. The Morgan fingerprint density at radius 3 is 2.44 bits per heavy atom. The van der Waals surface area contributed by atoms with Crippen molar-refractivity contribution >= 4 is 17.3 Å². The predicted molar refractivity (Wildman–Crippen MR) is 151 cm³/mol. The number of piperidine rings is 1. The van der Waals surface area contributed by atoms with E-state index in [1.165, 1.54) is 12.1 Å². The summed E-state index contributed by atoms with van der Waals surface area (Å²) in [6.07, 6.45) is 5.80. The lowest BCUT2D eigenvalue weighted by molar-refractivity contribution is -0.125. The van der Waals surface area contributed by atoms with E-state index in [9.17, 15) is 9.18 Å². The fraction of sp³-hybridized carbons (Fsp3) is 0.452. The second kappa shape index (κ2) is 11.3. The molecule has 2 aromatic carbocycles. The maximum atomic E-state index is 15.2. The van der Waals surface area contributed by atoms with Gasteiger partial charge in [0.05, 0.1) is 24.1 Å². The minimum Gasteiger partial charge on any atom is -0.486 e. The van der Waals surface area contributed by atoms with Crippen LogP contribution in [0.25, 0.3) is 11.3 Å². The van der Waals surface area contributed by atoms with Crippen LogP contribution < -0.4 is 14.5 Å². The van der Waals surface area contributed by atoms with E-state index < -0.39 is 11.6 Å². The SMILES string of the molecule is CN(C)C1CCN(c2ccc(Cc3ncc(F)c(-c4cc(F)c5c(c4)N(C(=O)C4CCC4)CCO5)n3)cc2F)CC1. The number of carbonyl (C=O) groups is 1. The van der Waals surface area contributed by atoms with Crippen molar-refractivity contribution in [2.75, 3.05) is 50.1 Å². The Kier molecular flexibility index (Phi) is 7.59. The van der Waals surface area contributed by atoms with Crippen LogP contribution in [0.4, 0.5) is 24.5 Å². The maximum absolute atomic E-state index is 15.2. The van der Waals surface area contributed by atoms with Crippen molar-refractivity contribution in [1.29, 1.82) is 0 Å². The van der Waals surface area contributed by atoms with Gasteiger partial charge < -0.3 is 19.4 Å². The molecule has 1 aromatic heterocycles. The Morgan fingerprint density at radius 1 is 0.976 bits per heavy atom. The first-order valence-electron chi connectivity index (χ1n) is 14.3. The van der Waals surface area contributed by atoms with Gasteiger partial charge in [-0.2, -0.15) is 0 Å². The number of rotatable bonds is 6. The average Bonchev–Trinajstić information content (AvgIpc) is 2.93. The largest absolute Gasteiger partial charge is 0.486 e. The van der Waals surface area contributed by atoms with Gasteiger partial charge >= 0.3 is 0 Å². The van der Waals surface area contributed by atoms with Gasteiger partial charge in [0.25, 0.3) is 0 Å². The van der Waals surface area contributed by atoms with Gasteiger partial charge in [0.15, 0.2) is 17.4 Å². The van der Waals surface area contributed by atoms with Crippen LogP contribution in [0.3, 0.4) is 0 Å². The topological polar surface area (TPSA) is 61.8 Å². The molecule has 7 nitrogen and oxygen atoms in total. The first kappa shape index (κ1) is 27.5. The monoisotopic (exact) mass is 565 g/mol. The molecule has 1 amide bonds. The van der Waals surface area contributed by atoms with Crippen molar-refractivity contribution in [2.24, 2.45) is 5.92 Å². The molecule has 3 heterocycles. The van der Waals surface area contributed by atoms with E-state index in [-0.39, 0.29) is 59.2 Å². The number of aromatic nitrogens is 2. The van der Waals surface area contributed by atoms with Crippen LogP contribution in [0.2, 0.25) is 0 Å². The van der Waals surface area contributed by atoms with Crippen molar-refractivity contribution in [3.05, 3.63) is 65.4 Å². The van der Waals surface area contributed by atoms with Crippen LogP contribution in [0, 0.1) is 23.4 Å². The maximum Gasteiger partial charge on any atom is 0.230 e. The summed E-state index contributed by atoms with van der Waals surface area (Å²) in [5, 5.41) is 0. The van der Waals surface area contributed by atoms with Crippen LogP contribution in [0.5, 0.6) is 5.75 Å². The summed E-state index contributed by atoms with van der Waals surface area (Å²) in [4.78, 5) is 27.4. The molecule has 0 N–H and O–H groups in total. The fourth-order valence-corrected chi connectivity index (χ4v) is 5.94. The van der Waals surface area contributed by atoms with Crippen LogP contribution >= 0.6 is 0 Å². The minimum absolute atomic E-state index is 0.0103.